The van der Waals surface area contributed by atoms with E-state index in [2.05, 4.69) is 9.97 Å². The molecule has 0 spiro atoms. The zero-order chi connectivity index (χ0) is 22.1. The quantitative estimate of drug-likeness (QED) is 0.462. The highest BCUT2D eigenvalue weighted by Gasteiger charge is 2.29. The molecule has 0 saturated carbocycles. The zero-order valence-electron chi connectivity index (χ0n) is 16.6. The molecule has 0 atom stereocenters. The molecule has 0 N–H and O–H groups in total. The first-order chi connectivity index (χ1) is 14.8. The lowest BCUT2D eigenvalue weighted by molar-refractivity contribution is -0.394. The number of nitro benzene ring substituents is 2. The van der Waals surface area contributed by atoms with Crippen LogP contribution in [0.15, 0.2) is 42.6 Å². The minimum Gasteiger partial charge on any atom is -0.352 e. The number of amides is 1. The summed E-state index contributed by atoms with van der Waals surface area (Å²) >= 11 is 0. The summed E-state index contributed by atoms with van der Waals surface area (Å²) in [5.74, 6) is 0.238. The third-order valence-corrected chi connectivity index (χ3v) is 5.33. The van der Waals surface area contributed by atoms with Crippen molar-refractivity contribution < 1.29 is 14.6 Å². The van der Waals surface area contributed by atoms with E-state index in [1.54, 1.807) is 11.1 Å². The lowest BCUT2D eigenvalue weighted by Crippen LogP contribution is -2.49. The number of carbonyl (C=O) groups is 1. The summed E-state index contributed by atoms with van der Waals surface area (Å²) < 4.78 is 0. The van der Waals surface area contributed by atoms with E-state index in [1.165, 1.54) is 6.92 Å². The first-order valence-corrected chi connectivity index (χ1v) is 9.54. The molecule has 31 heavy (non-hydrogen) atoms. The minimum atomic E-state index is -0.737. The number of anilines is 1. The third-order valence-electron chi connectivity index (χ3n) is 5.33. The number of para-hydroxylation sites is 2. The highest BCUT2D eigenvalue weighted by atomic mass is 16.6. The van der Waals surface area contributed by atoms with Crippen LogP contribution in [0.3, 0.4) is 0 Å². The van der Waals surface area contributed by atoms with Gasteiger partial charge >= 0.3 is 0 Å². The SMILES string of the molecule is Cc1c(C(=O)N2CCN(c3cnc4ccccc4n3)CC2)cc([N+](=O)[O-])cc1[N+](=O)[O-]. The molecular formula is C20H18N6O5. The fraction of sp³-hybridized carbons (Fsp3) is 0.250. The van der Waals surface area contributed by atoms with Crippen LogP contribution in [0.4, 0.5) is 17.2 Å². The van der Waals surface area contributed by atoms with E-state index in [-0.39, 0.29) is 11.1 Å². The second-order valence-corrected chi connectivity index (χ2v) is 7.15. The van der Waals surface area contributed by atoms with Gasteiger partial charge in [0.15, 0.2) is 0 Å². The van der Waals surface area contributed by atoms with Gasteiger partial charge in [-0.1, -0.05) is 12.1 Å². The Balaban J connectivity index is 1.54. The maximum absolute atomic E-state index is 13.0. The molecule has 0 bridgehead atoms. The monoisotopic (exact) mass is 422 g/mol. The predicted molar refractivity (Wildman–Crippen MR) is 112 cm³/mol. The first-order valence-electron chi connectivity index (χ1n) is 9.54. The predicted octanol–water partition coefficient (Wildman–Crippen LogP) is 2.72. The standard InChI is InChI=1S/C20H18N6O5/c1-13-15(10-14(25(28)29)11-18(13)26(30)31)20(27)24-8-6-23(7-9-24)19-12-21-16-4-2-3-5-17(16)22-19/h2-5,10-12H,6-9H2,1H3. The van der Waals surface area contributed by atoms with Gasteiger partial charge in [-0.15, -0.1) is 0 Å². The van der Waals surface area contributed by atoms with Crippen molar-refractivity contribution in [1.29, 1.82) is 0 Å². The van der Waals surface area contributed by atoms with Gasteiger partial charge in [-0.2, -0.15) is 0 Å². The molecule has 1 aliphatic heterocycles. The fourth-order valence-electron chi connectivity index (χ4n) is 3.61. The molecule has 1 aromatic heterocycles. The molecule has 1 amide bonds. The molecule has 11 heteroatoms. The van der Waals surface area contributed by atoms with E-state index in [0.717, 1.165) is 23.2 Å². The number of fused-ring (bicyclic) bond motifs is 1. The molecule has 2 heterocycles. The number of carbonyl (C=O) groups excluding carboxylic acids is 1. The molecule has 1 aliphatic rings. The van der Waals surface area contributed by atoms with Crippen LogP contribution in [0.25, 0.3) is 11.0 Å². The number of nitrogens with zero attached hydrogens (tertiary/aromatic N) is 6. The molecule has 3 aromatic rings. The van der Waals surface area contributed by atoms with E-state index in [1.807, 2.05) is 29.2 Å². The van der Waals surface area contributed by atoms with E-state index in [9.17, 15) is 25.0 Å². The van der Waals surface area contributed by atoms with Gasteiger partial charge in [0.1, 0.15) is 5.82 Å². The molecule has 0 radical (unpaired) electrons. The van der Waals surface area contributed by atoms with Crippen molar-refractivity contribution in [3.05, 3.63) is 74.0 Å². The average molecular weight is 422 g/mol. The fourth-order valence-corrected chi connectivity index (χ4v) is 3.61. The molecular weight excluding hydrogens is 404 g/mol. The number of nitro groups is 2. The second kappa shape index (κ2) is 7.94. The van der Waals surface area contributed by atoms with Crippen LogP contribution >= 0.6 is 0 Å². The van der Waals surface area contributed by atoms with Gasteiger partial charge in [0.2, 0.25) is 0 Å². The Kier molecular flexibility index (Phi) is 5.15. The van der Waals surface area contributed by atoms with Crippen LogP contribution in [-0.2, 0) is 0 Å². The number of hydrogen-bond donors (Lipinski definition) is 0. The lowest BCUT2D eigenvalue weighted by atomic mass is 10.0. The average Bonchev–Trinajstić information content (AvgIpc) is 2.78. The van der Waals surface area contributed by atoms with Crippen LogP contribution in [-0.4, -0.2) is 56.8 Å². The van der Waals surface area contributed by atoms with E-state index >= 15 is 0 Å². The molecule has 1 fully saturated rings. The highest BCUT2D eigenvalue weighted by molar-refractivity contribution is 5.97. The highest BCUT2D eigenvalue weighted by Crippen LogP contribution is 2.29. The summed E-state index contributed by atoms with van der Waals surface area (Å²) in [5.41, 5.74) is 0.734. The Bertz CT molecular complexity index is 1210. The summed E-state index contributed by atoms with van der Waals surface area (Å²) in [4.78, 5) is 46.6. The minimum absolute atomic E-state index is 0.0279. The van der Waals surface area contributed by atoms with Crippen molar-refractivity contribution in [3.8, 4) is 0 Å². The van der Waals surface area contributed by atoms with Crippen molar-refractivity contribution in [1.82, 2.24) is 14.9 Å². The van der Waals surface area contributed by atoms with Crippen molar-refractivity contribution in [2.24, 2.45) is 0 Å². The van der Waals surface area contributed by atoms with Crippen LogP contribution in [0.5, 0.6) is 0 Å². The van der Waals surface area contributed by atoms with E-state index in [4.69, 9.17) is 0 Å². The number of aromatic nitrogens is 2. The van der Waals surface area contributed by atoms with Crippen LogP contribution in [0, 0.1) is 27.2 Å². The Hall–Kier alpha value is -4.15. The van der Waals surface area contributed by atoms with E-state index in [0.29, 0.717) is 32.0 Å². The summed E-state index contributed by atoms with van der Waals surface area (Å²) in [6.45, 7) is 3.12. The molecule has 4 rings (SSSR count). The molecule has 158 valence electrons. The summed E-state index contributed by atoms with van der Waals surface area (Å²) in [6.07, 6.45) is 1.69. The Labute approximate surface area is 176 Å². The number of non-ortho nitro benzene ring substituents is 1. The second-order valence-electron chi connectivity index (χ2n) is 7.15. The maximum Gasteiger partial charge on any atom is 0.279 e. The number of hydrogen-bond acceptors (Lipinski definition) is 8. The molecule has 11 nitrogen and oxygen atoms in total. The van der Waals surface area contributed by atoms with Gasteiger partial charge in [0.25, 0.3) is 17.3 Å². The Morgan fingerprint density at radius 3 is 2.32 bits per heavy atom. The van der Waals surface area contributed by atoms with Crippen molar-refractivity contribution in [3.63, 3.8) is 0 Å². The van der Waals surface area contributed by atoms with Gasteiger partial charge in [0, 0.05) is 37.8 Å². The van der Waals surface area contributed by atoms with Gasteiger partial charge in [-0.05, 0) is 19.1 Å². The maximum atomic E-state index is 13.0. The normalized spacial score (nSPS) is 14.0. The number of piperazine rings is 1. The number of rotatable bonds is 4. The molecule has 1 saturated heterocycles. The number of benzene rings is 2. The molecule has 0 unspecified atom stereocenters. The summed E-state index contributed by atoms with van der Waals surface area (Å²) in [7, 11) is 0. The van der Waals surface area contributed by atoms with Crippen LogP contribution in [0.2, 0.25) is 0 Å². The summed E-state index contributed by atoms with van der Waals surface area (Å²) in [6, 6.07) is 9.51. The van der Waals surface area contributed by atoms with Crippen molar-refractivity contribution >= 4 is 34.1 Å². The summed E-state index contributed by atoms with van der Waals surface area (Å²) in [5, 5.41) is 22.4. The van der Waals surface area contributed by atoms with Crippen LogP contribution < -0.4 is 4.90 Å². The third kappa shape index (κ3) is 3.84. The van der Waals surface area contributed by atoms with Gasteiger partial charge in [-0.25, -0.2) is 4.98 Å². The van der Waals surface area contributed by atoms with E-state index < -0.39 is 27.1 Å². The zero-order valence-corrected chi connectivity index (χ0v) is 16.6. The largest absolute Gasteiger partial charge is 0.352 e. The van der Waals surface area contributed by atoms with Crippen molar-refractivity contribution in [2.45, 2.75) is 6.92 Å². The smallest absolute Gasteiger partial charge is 0.279 e. The lowest BCUT2D eigenvalue weighted by Gasteiger charge is -2.35. The molecule has 2 aromatic carbocycles. The van der Waals surface area contributed by atoms with Gasteiger partial charge in [0.05, 0.1) is 38.7 Å². The van der Waals surface area contributed by atoms with Gasteiger partial charge in [-0.3, -0.25) is 30.0 Å². The van der Waals surface area contributed by atoms with Gasteiger partial charge < -0.3 is 9.80 Å². The Morgan fingerprint density at radius 2 is 1.68 bits per heavy atom. The van der Waals surface area contributed by atoms with Crippen molar-refractivity contribution in [2.75, 3.05) is 31.1 Å². The topological polar surface area (TPSA) is 136 Å². The van der Waals surface area contributed by atoms with Crippen LogP contribution in [0.1, 0.15) is 15.9 Å². The first kappa shape index (κ1) is 20.1. The molecule has 0 aliphatic carbocycles. The Morgan fingerprint density at radius 1 is 1.00 bits per heavy atom.